The van der Waals surface area contributed by atoms with Gasteiger partial charge in [0.1, 0.15) is 5.75 Å². The minimum absolute atomic E-state index is 0.603. The lowest BCUT2D eigenvalue weighted by Gasteiger charge is -2.12. The fourth-order valence-electron chi connectivity index (χ4n) is 1.51. The number of rotatable bonds is 6. The van der Waals surface area contributed by atoms with Crippen LogP contribution in [0.3, 0.4) is 0 Å². The van der Waals surface area contributed by atoms with E-state index in [9.17, 15) is 0 Å². The number of aryl methyl sites for hydroxylation is 2. The quantitative estimate of drug-likeness (QED) is 0.749. The van der Waals surface area contributed by atoms with Gasteiger partial charge in [-0.05, 0) is 44.2 Å². The molecule has 1 N–H and O–H groups in total. The molecule has 0 amide bonds. The van der Waals surface area contributed by atoms with Gasteiger partial charge in [-0.1, -0.05) is 0 Å². The summed E-state index contributed by atoms with van der Waals surface area (Å²) in [5.41, 5.74) is 3.63. The van der Waals surface area contributed by atoms with Crippen LogP contribution >= 0.6 is 0 Å². The van der Waals surface area contributed by atoms with Crippen molar-refractivity contribution in [3.05, 3.63) is 28.8 Å². The summed E-state index contributed by atoms with van der Waals surface area (Å²) in [6, 6.07) is 4.19. The Bertz CT molecular complexity index is 337. The molecule has 0 aliphatic heterocycles. The molecule has 0 bridgehead atoms. The van der Waals surface area contributed by atoms with Gasteiger partial charge in [-0.15, -0.1) is 0 Å². The summed E-state index contributed by atoms with van der Waals surface area (Å²) < 4.78 is 10.9. The van der Waals surface area contributed by atoms with E-state index in [2.05, 4.69) is 31.3 Å². The minimum Gasteiger partial charge on any atom is -0.496 e. The molecular formula is C13H21NO2. The van der Waals surface area contributed by atoms with Gasteiger partial charge in [-0.25, -0.2) is 0 Å². The molecule has 0 fully saturated rings. The lowest BCUT2D eigenvalue weighted by molar-refractivity contribution is 0.122. The molecule has 0 aliphatic rings. The van der Waals surface area contributed by atoms with Gasteiger partial charge in [-0.2, -0.15) is 0 Å². The van der Waals surface area contributed by atoms with Crippen LogP contribution in [0.1, 0.15) is 16.7 Å². The molecule has 3 nitrogen and oxygen atoms in total. The number of methoxy groups -OCH3 is 1. The van der Waals surface area contributed by atoms with Crippen molar-refractivity contribution in [1.29, 1.82) is 0 Å². The van der Waals surface area contributed by atoms with Crippen LogP contribution in [0.15, 0.2) is 12.1 Å². The van der Waals surface area contributed by atoms with Gasteiger partial charge in [0.2, 0.25) is 0 Å². The minimum atomic E-state index is 0.603. The van der Waals surface area contributed by atoms with E-state index in [1.165, 1.54) is 11.1 Å². The third-order valence-corrected chi connectivity index (χ3v) is 2.65. The molecule has 1 aromatic carbocycles. The predicted octanol–water partition coefficient (Wildman–Crippen LogP) is 2.05. The van der Waals surface area contributed by atoms with Crippen LogP contribution in [0.25, 0.3) is 0 Å². The van der Waals surface area contributed by atoms with Crippen molar-refractivity contribution in [1.82, 2.24) is 5.32 Å². The Morgan fingerprint density at radius 2 is 1.88 bits per heavy atom. The highest BCUT2D eigenvalue weighted by atomic mass is 16.5. The highest BCUT2D eigenvalue weighted by Gasteiger charge is 2.05. The van der Waals surface area contributed by atoms with E-state index < -0.39 is 0 Å². The first-order valence-corrected chi connectivity index (χ1v) is 5.55. The maximum Gasteiger partial charge on any atom is 0.124 e. The Balaban J connectivity index is 2.66. The Kier molecular flexibility index (Phi) is 5.29. The molecule has 0 spiro atoms. The van der Waals surface area contributed by atoms with Crippen molar-refractivity contribution in [2.75, 3.05) is 27.3 Å². The molecule has 0 saturated heterocycles. The number of hydrogen-bond acceptors (Lipinski definition) is 3. The van der Waals surface area contributed by atoms with E-state index in [1.807, 2.05) is 7.05 Å². The average molecular weight is 223 g/mol. The first kappa shape index (κ1) is 13.0. The number of ether oxygens (including phenoxy) is 2. The lowest BCUT2D eigenvalue weighted by atomic mass is 10.1. The molecule has 0 heterocycles. The molecule has 3 heteroatoms. The van der Waals surface area contributed by atoms with Crippen LogP contribution in [-0.2, 0) is 11.3 Å². The van der Waals surface area contributed by atoms with Crippen LogP contribution in [-0.4, -0.2) is 27.3 Å². The molecule has 16 heavy (non-hydrogen) atoms. The first-order chi connectivity index (χ1) is 7.69. The van der Waals surface area contributed by atoms with Gasteiger partial charge in [0.25, 0.3) is 0 Å². The Labute approximate surface area is 97.8 Å². The highest BCUT2D eigenvalue weighted by Crippen LogP contribution is 2.23. The Morgan fingerprint density at radius 1 is 1.19 bits per heavy atom. The van der Waals surface area contributed by atoms with Crippen molar-refractivity contribution in [3.63, 3.8) is 0 Å². The van der Waals surface area contributed by atoms with E-state index in [0.29, 0.717) is 13.2 Å². The largest absolute Gasteiger partial charge is 0.496 e. The van der Waals surface area contributed by atoms with Gasteiger partial charge in [-0.3, -0.25) is 0 Å². The molecule has 0 radical (unpaired) electrons. The first-order valence-electron chi connectivity index (χ1n) is 5.55. The van der Waals surface area contributed by atoms with E-state index in [4.69, 9.17) is 9.47 Å². The summed E-state index contributed by atoms with van der Waals surface area (Å²) >= 11 is 0. The predicted molar refractivity (Wildman–Crippen MR) is 66.1 cm³/mol. The van der Waals surface area contributed by atoms with Gasteiger partial charge in [0.05, 0.1) is 20.3 Å². The molecule has 0 atom stereocenters. The van der Waals surface area contributed by atoms with Crippen LogP contribution in [0.5, 0.6) is 5.75 Å². The maximum atomic E-state index is 5.55. The fourth-order valence-corrected chi connectivity index (χ4v) is 1.51. The Morgan fingerprint density at radius 3 is 2.50 bits per heavy atom. The van der Waals surface area contributed by atoms with Crippen LogP contribution in [0.2, 0.25) is 0 Å². The van der Waals surface area contributed by atoms with Gasteiger partial charge in [0.15, 0.2) is 0 Å². The summed E-state index contributed by atoms with van der Waals surface area (Å²) in [7, 11) is 3.61. The number of likely N-dealkylation sites (N-methyl/N-ethyl adjacent to an activating group) is 1. The molecule has 0 saturated carbocycles. The molecule has 90 valence electrons. The van der Waals surface area contributed by atoms with Crippen molar-refractivity contribution < 1.29 is 9.47 Å². The number of benzene rings is 1. The van der Waals surface area contributed by atoms with Crippen molar-refractivity contribution in [2.45, 2.75) is 20.5 Å². The number of hydrogen-bond donors (Lipinski definition) is 1. The molecule has 1 aromatic rings. The maximum absolute atomic E-state index is 5.55. The van der Waals surface area contributed by atoms with Gasteiger partial charge in [0, 0.05) is 12.1 Å². The molecule has 1 rings (SSSR count). The average Bonchev–Trinajstić information content (AvgIpc) is 2.28. The van der Waals surface area contributed by atoms with Gasteiger partial charge >= 0.3 is 0 Å². The second-order valence-electron chi connectivity index (χ2n) is 3.90. The monoisotopic (exact) mass is 223 g/mol. The SMILES string of the molecule is CNCCOCc1cc(C)c(C)cc1OC. The smallest absolute Gasteiger partial charge is 0.124 e. The summed E-state index contributed by atoms with van der Waals surface area (Å²) in [5, 5.41) is 3.05. The third kappa shape index (κ3) is 3.51. The van der Waals surface area contributed by atoms with Crippen LogP contribution in [0.4, 0.5) is 0 Å². The normalized spacial score (nSPS) is 10.5. The lowest BCUT2D eigenvalue weighted by Crippen LogP contribution is -2.14. The zero-order chi connectivity index (χ0) is 12.0. The highest BCUT2D eigenvalue weighted by molar-refractivity contribution is 5.41. The molecule has 0 aromatic heterocycles. The van der Waals surface area contributed by atoms with Crippen LogP contribution < -0.4 is 10.1 Å². The second-order valence-corrected chi connectivity index (χ2v) is 3.90. The second kappa shape index (κ2) is 6.51. The van der Waals surface area contributed by atoms with Crippen molar-refractivity contribution in [3.8, 4) is 5.75 Å². The Hall–Kier alpha value is -1.06. The van der Waals surface area contributed by atoms with E-state index >= 15 is 0 Å². The standard InChI is InChI=1S/C13H21NO2/c1-10-7-12(9-16-6-5-14-3)13(15-4)8-11(10)2/h7-8,14H,5-6,9H2,1-4H3. The third-order valence-electron chi connectivity index (χ3n) is 2.65. The molecule has 0 aliphatic carbocycles. The van der Waals surface area contributed by atoms with E-state index in [-0.39, 0.29) is 0 Å². The van der Waals surface area contributed by atoms with E-state index in [1.54, 1.807) is 7.11 Å². The van der Waals surface area contributed by atoms with Crippen LogP contribution in [0, 0.1) is 13.8 Å². The summed E-state index contributed by atoms with van der Waals surface area (Å²) in [6.07, 6.45) is 0. The van der Waals surface area contributed by atoms with E-state index in [0.717, 1.165) is 17.9 Å². The molecular weight excluding hydrogens is 202 g/mol. The molecule has 0 unspecified atom stereocenters. The summed E-state index contributed by atoms with van der Waals surface area (Å²) in [4.78, 5) is 0. The zero-order valence-corrected chi connectivity index (χ0v) is 10.6. The number of nitrogens with one attached hydrogen (secondary N) is 1. The zero-order valence-electron chi connectivity index (χ0n) is 10.6. The topological polar surface area (TPSA) is 30.5 Å². The summed E-state index contributed by atoms with van der Waals surface area (Å²) in [5.74, 6) is 0.910. The summed E-state index contributed by atoms with van der Waals surface area (Å²) in [6.45, 7) is 6.38. The van der Waals surface area contributed by atoms with Gasteiger partial charge < -0.3 is 14.8 Å². The fraction of sp³-hybridized carbons (Fsp3) is 0.538. The van der Waals surface area contributed by atoms with Crippen molar-refractivity contribution in [2.24, 2.45) is 0 Å². The van der Waals surface area contributed by atoms with Crippen molar-refractivity contribution >= 4 is 0 Å².